The summed E-state index contributed by atoms with van der Waals surface area (Å²) in [6, 6.07) is 3.80. The van der Waals surface area contributed by atoms with Gasteiger partial charge in [0.05, 0.1) is 5.02 Å². The van der Waals surface area contributed by atoms with Crippen LogP contribution < -0.4 is 15.2 Å². The molecule has 1 aliphatic heterocycles. The number of hydrogen-bond donors (Lipinski definition) is 1. The van der Waals surface area contributed by atoms with Gasteiger partial charge in [0.1, 0.15) is 13.2 Å². The van der Waals surface area contributed by atoms with Gasteiger partial charge in [0, 0.05) is 17.9 Å². The zero-order valence-corrected chi connectivity index (χ0v) is 11.4. The molecule has 0 spiro atoms. The Morgan fingerprint density at radius 1 is 1.39 bits per heavy atom. The minimum atomic E-state index is -0.275. The van der Waals surface area contributed by atoms with Gasteiger partial charge in [-0.2, -0.15) is 11.8 Å². The van der Waals surface area contributed by atoms with E-state index in [1.54, 1.807) is 11.8 Å². The van der Waals surface area contributed by atoms with E-state index in [4.69, 9.17) is 26.8 Å². The number of carbonyl (C=O) groups excluding carboxylic acids is 1. The van der Waals surface area contributed by atoms with Gasteiger partial charge in [-0.15, -0.1) is 0 Å². The van der Waals surface area contributed by atoms with E-state index < -0.39 is 0 Å². The second kappa shape index (κ2) is 6.20. The lowest BCUT2D eigenvalue weighted by molar-refractivity contribution is -0.117. The van der Waals surface area contributed by atoms with E-state index in [-0.39, 0.29) is 5.91 Å². The molecule has 0 saturated carbocycles. The molecule has 1 aromatic carbocycles. The lowest BCUT2D eigenvalue weighted by Gasteiger charge is -2.20. The van der Waals surface area contributed by atoms with Crippen LogP contribution in [0.3, 0.4) is 0 Å². The van der Waals surface area contributed by atoms with Crippen LogP contribution in [-0.2, 0) is 10.5 Å². The van der Waals surface area contributed by atoms with Crippen molar-refractivity contribution in [1.29, 1.82) is 0 Å². The zero-order chi connectivity index (χ0) is 13.0. The first-order valence-corrected chi connectivity index (χ1v) is 7.14. The molecule has 0 atom stereocenters. The largest absolute Gasteiger partial charge is 0.486 e. The predicted octanol–water partition coefficient (Wildman–Crippen LogP) is 2.22. The lowest BCUT2D eigenvalue weighted by atomic mass is 10.2. The molecule has 1 aliphatic rings. The molecule has 18 heavy (non-hydrogen) atoms. The smallest absolute Gasteiger partial charge is 0.218 e. The van der Waals surface area contributed by atoms with Crippen LogP contribution in [0.5, 0.6) is 11.5 Å². The summed E-state index contributed by atoms with van der Waals surface area (Å²) in [7, 11) is 0. The third kappa shape index (κ3) is 3.46. The molecule has 0 radical (unpaired) electrons. The van der Waals surface area contributed by atoms with Crippen molar-refractivity contribution in [2.75, 3.05) is 19.0 Å². The molecule has 98 valence electrons. The number of rotatable bonds is 5. The summed E-state index contributed by atoms with van der Waals surface area (Å²) < 4.78 is 10.9. The first-order chi connectivity index (χ1) is 8.66. The summed E-state index contributed by atoms with van der Waals surface area (Å²) in [6.45, 7) is 1.07. The molecule has 1 amide bonds. The molecular weight excluding hydrogens is 274 g/mol. The Bertz CT molecular complexity index is 453. The van der Waals surface area contributed by atoms with Crippen molar-refractivity contribution in [2.24, 2.45) is 5.73 Å². The summed E-state index contributed by atoms with van der Waals surface area (Å²) >= 11 is 7.76. The maximum absolute atomic E-state index is 10.6. The van der Waals surface area contributed by atoms with E-state index in [1.807, 2.05) is 12.1 Å². The van der Waals surface area contributed by atoms with E-state index in [1.165, 1.54) is 0 Å². The Morgan fingerprint density at radius 2 is 2.17 bits per heavy atom. The Hall–Kier alpha value is -1.07. The maximum atomic E-state index is 10.6. The topological polar surface area (TPSA) is 61.6 Å². The lowest BCUT2D eigenvalue weighted by Crippen LogP contribution is -2.15. The van der Waals surface area contributed by atoms with E-state index in [2.05, 4.69) is 0 Å². The van der Waals surface area contributed by atoms with Crippen molar-refractivity contribution < 1.29 is 14.3 Å². The number of hydrogen-bond acceptors (Lipinski definition) is 4. The van der Waals surface area contributed by atoms with Gasteiger partial charge < -0.3 is 15.2 Å². The number of benzene rings is 1. The fourth-order valence-corrected chi connectivity index (χ4v) is 2.79. The summed E-state index contributed by atoms with van der Waals surface area (Å²) in [6.07, 6.45) is 0.392. The number of thioether (sulfide) groups is 1. The molecule has 1 heterocycles. The minimum absolute atomic E-state index is 0.275. The highest BCUT2D eigenvalue weighted by Gasteiger charge is 2.16. The molecule has 0 aliphatic carbocycles. The average Bonchev–Trinajstić information content (AvgIpc) is 2.35. The second-order valence-corrected chi connectivity index (χ2v) is 5.38. The second-order valence-electron chi connectivity index (χ2n) is 3.87. The van der Waals surface area contributed by atoms with Crippen LogP contribution in [0.4, 0.5) is 0 Å². The van der Waals surface area contributed by atoms with Gasteiger partial charge in [-0.05, 0) is 17.7 Å². The van der Waals surface area contributed by atoms with Gasteiger partial charge in [-0.1, -0.05) is 11.6 Å². The normalized spacial score (nSPS) is 13.4. The van der Waals surface area contributed by atoms with Crippen LogP contribution in [-0.4, -0.2) is 24.9 Å². The molecule has 1 aromatic rings. The van der Waals surface area contributed by atoms with Crippen LogP contribution in [0.2, 0.25) is 5.02 Å². The number of ether oxygens (including phenoxy) is 2. The third-order valence-electron chi connectivity index (χ3n) is 2.42. The summed E-state index contributed by atoms with van der Waals surface area (Å²) in [5, 5.41) is 0.567. The standard InChI is InChI=1S/C12H14ClNO3S/c13-9-5-8(7-18-4-1-11(14)15)6-10-12(9)17-3-2-16-10/h5-6H,1-4,7H2,(H2,14,15). The molecule has 0 fully saturated rings. The quantitative estimate of drug-likeness (QED) is 0.844. The average molecular weight is 288 g/mol. The number of halogens is 1. The Morgan fingerprint density at radius 3 is 2.94 bits per heavy atom. The van der Waals surface area contributed by atoms with Crippen LogP contribution in [0.25, 0.3) is 0 Å². The molecule has 6 heteroatoms. The highest BCUT2D eigenvalue weighted by atomic mass is 35.5. The molecule has 0 saturated heterocycles. The van der Waals surface area contributed by atoms with E-state index >= 15 is 0 Å². The van der Waals surface area contributed by atoms with Crippen LogP contribution in [0.1, 0.15) is 12.0 Å². The van der Waals surface area contributed by atoms with Crippen molar-refractivity contribution in [3.63, 3.8) is 0 Å². The monoisotopic (exact) mass is 287 g/mol. The highest BCUT2D eigenvalue weighted by molar-refractivity contribution is 7.98. The van der Waals surface area contributed by atoms with E-state index in [0.29, 0.717) is 41.9 Å². The molecule has 2 N–H and O–H groups in total. The van der Waals surface area contributed by atoms with Crippen molar-refractivity contribution in [2.45, 2.75) is 12.2 Å². The van der Waals surface area contributed by atoms with Gasteiger partial charge in [0.2, 0.25) is 5.91 Å². The third-order valence-corrected chi connectivity index (χ3v) is 3.73. The van der Waals surface area contributed by atoms with Gasteiger partial charge in [-0.3, -0.25) is 4.79 Å². The molecule has 0 aromatic heterocycles. The fourth-order valence-electron chi connectivity index (χ4n) is 1.61. The number of primary amides is 1. The minimum Gasteiger partial charge on any atom is -0.486 e. The van der Waals surface area contributed by atoms with E-state index in [0.717, 1.165) is 11.3 Å². The first kappa shape index (κ1) is 13.4. The molecular formula is C12H14ClNO3S. The Balaban J connectivity index is 1.97. The molecule has 2 rings (SSSR count). The van der Waals surface area contributed by atoms with Crippen LogP contribution >= 0.6 is 23.4 Å². The number of nitrogens with two attached hydrogens (primary N) is 1. The van der Waals surface area contributed by atoms with E-state index in [9.17, 15) is 4.79 Å². The van der Waals surface area contributed by atoms with Gasteiger partial charge >= 0.3 is 0 Å². The molecule has 4 nitrogen and oxygen atoms in total. The Kier molecular flexibility index (Phi) is 4.60. The highest BCUT2D eigenvalue weighted by Crippen LogP contribution is 2.39. The van der Waals surface area contributed by atoms with Gasteiger partial charge in [0.25, 0.3) is 0 Å². The van der Waals surface area contributed by atoms with Crippen molar-refractivity contribution in [3.05, 3.63) is 22.7 Å². The summed E-state index contributed by atoms with van der Waals surface area (Å²) in [5.41, 5.74) is 6.13. The van der Waals surface area contributed by atoms with Crippen LogP contribution in [0.15, 0.2) is 12.1 Å². The van der Waals surface area contributed by atoms with Crippen molar-refractivity contribution in [3.8, 4) is 11.5 Å². The Labute approximate surface area is 115 Å². The summed E-state index contributed by atoms with van der Waals surface area (Å²) in [5.74, 6) is 2.51. The van der Waals surface area contributed by atoms with Crippen molar-refractivity contribution >= 4 is 29.3 Å². The van der Waals surface area contributed by atoms with Gasteiger partial charge in [0.15, 0.2) is 11.5 Å². The molecule has 0 bridgehead atoms. The van der Waals surface area contributed by atoms with Gasteiger partial charge in [-0.25, -0.2) is 0 Å². The number of fused-ring (bicyclic) bond motifs is 1. The molecule has 0 unspecified atom stereocenters. The number of carbonyl (C=O) groups is 1. The maximum Gasteiger partial charge on any atom is 0.218 e. The first-order valence-electron chi connectivity index (χ1n) is 5.61. The van der Waals surface area contributed by atoms with Crippen LogP contribution in [0, 0.1) is 0 Å². The SMILES string of the molecule is NC(=O)CCSCc1cc(Cl)c2c(c1)OCCO2. The number of amides is 1. The van der Waals surface area contributed by atoms with Crippen molar-refractivity contribution in [1.82, 2.24) is 0 Å². The summed E-state index contributed by atoms with van der Waals surface area (Å²) in [4.78, 5) is 10.6. The zero-order valence-electron chi connectivity index (χ0n) is 9.78. The fraction of sp³-hybridized carbons (Fsp3) is 0.417. The predicted molar refractivity (Wildman–Crippen MR) is 72.4 cm³/mol.